The molecule has 0 atom stereocenters. The molecule has 3 nitrogen and oxygen atoms in total. The highest BCUT2D eigenvalue weighted by Crippen LogP contribution is 2.24. The Hall–Kier alpha value is -1.87. The van der Waals surface area contributed by atoms with Crippen molar-refractivity contribution in [3.8, 4) is 11.5 Å². The number of hydrogen-bond acceptors (Lipinski definition) is 3. The lowest BCUT2D eigenvalue weighted by atomic mass is 10.2. The lowest BCUT2D eigenvalue weighted by molar-refractivity contribution is 0.475. The van der Waals surface area contributed by atoms with Crippen molar-refractivity contribution in [3.05, 3.63) is 53.9 Å². The first-order valence-corrected chi connectivity index (χ1v) is 5.73. The van der Waals surface area contributed by atoms with E-state index in [-0.39, 0.29) is 0 Å². The van der Waals surface area contributed by atoms with Crippen LogP contribution in [0.4, 0.5) is 0 Å². The van der Waals surface area contributed by atoms with Gasteiger partial charge < -0.3 is 10.5 Å². The number of benzene rings is 1. The topological polar surface area (TPSA) is 48.1 Å². The summed E-state index contributed by atoms with van der Waals surface area (Å²) >= 11 is 0. The molecule has 0 radical (unpaired) electrons. The molecule has 3 heteroatoms. The predicted octanol–water partition coefficient (Wildman–Crippen LogP) is 2.89. The Morgan fingerprint density at radius 3 is 2.94 bits per heavy atom. The van der Waals surface area contributed by atoms with Gasteiger partial charge in [-0.15, -0.1) is 0 Å². The Bertz CT molecular complexity index is 497. The zero-order chi connectivity index (χ0) is 12.1. The van der Waals surface area contributed by atoms with Crippen molar-refractivity contribution in [1.82, 2.24) is 4.98 Å². The molecule has 0 saturated heterocycles. The second-order valence-electron chi connectivity index (χ2n) is 3.79. The van der Waals surface area contributed by atoms with Crippen molar-refractivity contribution in [2.24, 2.45) is 5.73 Å². The molecule has 0 spiro atoms. The summed E-state index contributed by atoms with van der Waals surface area (Å²) in [5.74, 6) is 1.61. The molecule has 0 aliphatic carbocycles. The minimum absolute atomic E-state index is 0.427. The summed E-state index contributed by atoms with van der Waals surface area (Å²) in [5, 5.41) is 0. The van der Waals surface area contributed by atoms with Gasteiger partial charge in [-0.1, -0.05) is 19.1 Å². The third kappa shape index (κ3) is 2.82. The molecule has 0 saturated carbocycles. The number of nitrogens with zero attached hydrogens (tertiary/aromatic N) is 1. The molecule has 0 fully saturated rings. The van der Waals surface area contributed by atoms with E-state index in [9.17, 15) is 0 Å². The van der Waals surface area contributed by atoms with Gasteiger partial charge >= 0.3 is 0 Å². The summed E-state index contributed by atoms with van der Waals surface area (Å²) in [6.07, 6.45) is 4.44. The molecular weight excluding hydrogens is 212 g/mol. The largest absolute Gasteiger partial charge is 0.457 e. The molecule has 1 aromatic carbocycles. The fourth-order valence-electron chi connectivity index (χ4n) is 1.62. The number of ether oxygens (including phenoxy) is 1. The van der Waals surface area contributed by atoms with Crippen LogP contribution in [0.1, 0.15) is 18.1 Å². The van der Waals surface area contributed by atoms with E-state index in [1.165, 1.54) is 5.56 Å². The average molecular weight is 228 g/mol. The van der Waals surface area contributed by atoms with E-state index in [1.807, 2.05) is 24.3 Å². The molecule has 1 aromatic heterocycles. The number of pyridine rings is 1. The molecule has 0 amide bonds. The van der Waals surface area contributed by atoms with Gasteiger partial charge in [0.15, 0.2) is 0 Å². The number of hydrogen-bond donors (Lipinski definition) is 1. The minimum atomic E-state index is 0.427. The van der Waals surface area contributed by atoms with E-state index in [1.54, 1.807) is 12.4 Å². The van der Waals surface area contributed by atoms with Crippen molar-refractivity contribution in [1.29, 1.82) is 0 Å². The van der Waals surface area contributed by atoms with Crippen molar-refractivity contribution in [2.75, 3.05) is 0 Å². The van der Waals surface area contributed by atoms with Crippen molar-refractivity contribution < 1.29 is 4.74 Å². The zero-order valence-corrected chi connectivity index (χ0v) is 9.89. The molecule has 0 bridgehead atoms. The highest BCUT2D eigenvalue weighted by atomic mass is 16.5. The van der Waals surface area contributed by atoms with E-state index in [0.29, 0.717) is 6.54 Å². The first kappa shape index (κ1) is 11.6. The fourth-order valence-corrected chi connectivity index (χ4v) is 1.62. The summed E-state index contributed by atoms with van der Waals surface area (Å²) in [6.45, 7) is 2.55. The van der Waals surface area contributed by atoms with Gasteiger partial charge in [-0.3, -0.25) is 4.98 Å². The molecular formula is C14H16N2O. The first-order valence-electron chi connectivity index (χ1n) is 5.73. The zero-order valence-electron chi connectivity index (χ0n) is 9.89. The summed E-state index contributed by atoms with van der Waals surface area (Å²) in [5.41, 5.74) is 7.81. The van der Waals surface area contributed by atoms with Crippen LogP contribution in [-0.4, -0.2) is 4.98 Å². The fraction of sp³-hybridized carbons (Fsp3) is 0.214. The molecule has 2 N–H and O–H groups in total. The van der Waals surface area contributed by atoms with Crippen molar-refractivity contribution in [3.63, 3.8) is 0 Å². The average Bonchev–Trinajstić information content (AvgIpc) is 2.39. The summed E-state index contributed by atoms with van der Waals surface area (Å²) in [4.78, 5) is 4.03. The van der Waals surface area contributed by atoms with Crippen molar-refractivity contribution >= 4 is 0 Å². The molecule has 2 aromatic rings. The third-order valence-electron chi connectivity index (χ3n) is 2.61. The Labute approximate surface area is 101 Å². The second-order valence-corrected chi connectivity index (χ2v) is 3.79. The lowest BCUT2D eigenvalue weighted by Crippen LogP contribution is -2.00. The van der Waals surface area contributed by atoms with E-state index in [0.717, 1.165) is 23.5 Å². The van der Waals surface area contributed by atoms with Crippen LogP contribution in [0.15, 0.2) is 42.7 Å². The molecule has 2 rings (SSSR count). The highest BCUT2D eigenvalue weighted by molar-refractivity contribution is 5.37. The van der Waals surface area contributed by atoms with Crippen LogP contribution < -0.4 is 10.5 Å². The smallest absolute Gasteiger partial charge is 0.134 e. The number of aryl methyl sites for hydroxylation is 1. The molecule has 0 aliphatic heterocycles. The van der Waals surface area contributed by atoms with Crippen LogP contribution in [0.2, 0.25) is 0 Å². The predicted molar refractivity (Wildman–Crippen MR) is 68.0 cm³/mol. The van der Waals surface area contributed by atoms with E-state index in [2.05, 4.69) is 18.0 Å². The normalized spacial score (nSPS) is 10.2. The van der Waals surface area contributed by atoms with Crippen molar-refractivity contribution in [2.45, 2.75) is 19.9 Å². The van der Waals surface area contributed by atoms with E-state index >= 15 is 0 Å². The van der Waals surface area contributed by atoms with Gasteiger partial charge in [0.1, 0.15) is 11.5 Å². The maximum atomic E-state index is 5.82. The molecule has 0 unspecified atom stereocenters. The summed E-state index contributed by atoms with van der Waals surface area (Å²) in [6, 6.07) is 9.90. The Morgan fingerprint density at radius 1 is 1.29 bits per heavy atom. The summed E-state index contributed by atoms with van der Waals surface area (Å²) in [7, 11) is 0. The first-order chi connectivity index (χ1) is 8.33. The van der Waals surface area contributed by atoms with Gasteiger partial charge in [0, 0.05) is 24.5 Å². The quantitative estimate of drug-likeness (QED) is 0.875. The number of rotatable bonds is 4. The second kappa shape index (κ2) is 5.46. The lowest BCUT2D eigenvalue weighted by Gasteiger charge is -2.10. The maximum absolute atomic E-state index is 5.82. The van der Waals surface area contributed by atoms with E-state index in [4.69, 9.17) is 10.5 Å². The Balaban J connectivity index is 2.24. The van der Waals surface area contributed by atoms with Gasteiger partial charge in [-0.25, -0.2) is 0 Å². The van der Waals surface area contributed by atoms with Crippen LogP contribution in [0.3, 0.4) is 0 Å². The number of nitrogens with two attached hydrogens (primary N) is 1. The molecule has 1 heterocycles. The minimum Gasteiger partial charge on any atom is -0.457 e. The third-order valence-corrected chi connectivity index (χ3v) is 2.61. The maximum Gasteiger partial charge on any atom is 0.134 e. The van der Waals surface area contributed by atoms with Gasteiger partial charge in [0.2, 0.25) is 0 Å². The molecule has 0 aliphatic rings. The van der Waals surface area contributed by atoms with Crippen LogP contribution >= 0.6 is 0 Å². The Morgan fingerprint density at radius 2 is 2.18 bits per heavy atom. The standard InChI is InChI=1S/C14H16N2O/c1-2-11-4-3-5-13(8-11)17-14-6-7-16-10-12(14)9-15/h3-8,10H,2,9,15H2,1H3. The van der Waals surface area contributed by atoms with Crippen LogP contribution in [0, 0.1) is 0 Å². The van der Waals surface area contributed by atoms with Crippen LogP contribution in [-0.2, 0) is 13.0 Å². The number of aromatic nitrogens is 1. The molecule has 17 heavy (non-hydrogen) atoms. The van der Waals surface area contributed by atoms with Gasteiger partial charge in [-0.05, 0) is 30.2 Å². The highest BCUT2D eigenvalue weighted by Gasteiger charge is 2.03. The van der Waals surface area contributed by atoms with Crippen LogP contribution in [0.5, 0.6) is 11.5 Å². The molecule has 88 valence electrons. The monoisotopic (exact) mass is 228 g/mol. The van der Waals surface area contributed by atoms with Gasteiger partial charge in [0.05, 0.1) is 0 Å². The van der Waals surface area contributed by atoms with Crippen LogP contribution in [0.25, 0.3) is 0 Å². The summed E-state index contributed by atoms with van der Waals surface area (Å²) < 4.78 is 5.82. The van der Waals surface area contributed by atoms with E-state index < -0.39 is 0 Å². The SMILES string of the molecule is CCc1cccc(Oc2ccncc2CN)c1. The van der Waals surface area contributed by atoms with Gasteiger partial charge in [-0.2, -0.15) is 0 Å². The van der Waals surface area contributed by atoms with Gasteiger partial charge in [0.25, 0.3) is 0 Å². The Kier molecular flexibility index (Phi) is 3.73.